The first-order valence-corrected chi connectivity index (χ1v) is 10.1. The summed E-state index contributed by atoms with van der Waals surface area (Å²) in [4.78, 5) is 13.7. The van der Waals surface area contributed by atoms with Gasteiger partial charge in [0.05, 0.1) is 28.3 Å². The summed E-state index contributed by atoms with van der Waals surface area (Å²) in [5, 5.41) is 6.80. The minimum absolute atomic E-state index is 0.0885. The van der Waals surface area contributed by atoms with Crippen LogP contribution in [0.3, 0.4) is 0 Å². The minimum Gasteiger partial charge on any atom is -0.383 e. The third kappa shape index (κ3) is 2.88. The zero-order valence-corrected chi connectivity index (χ0v) is 16.9. The van der Waals surface area contributed by atoms with Crippen molar-refractivity contribution < 1.29 is 0 Å². The van der Waals surface area contributed by atoms with Crippen molar-refractivity contribution in [3.05, 3.63) is 78.2 Å². The molecule has 2 aromatic carbocycles. The van der Waals surface area contributed by atoms with Gasteiger partial charge in [-0.2, -0.15) is 5.10 Å². The second kappa shape index (κ2) is 7.22. The Morgan fingerprint density at radius 2 is 1.77 bits per heavy atom. The molecule has 1 unspecified atom stereocenters. The molecule has 0 radical (unpaired) electrons. The lowest BCUT2D eigenvalue weighted by molar-refractivity contribution is 0.572. The van der Waals surface area contributed by atoms with E-state index in [1.54, 1.807) is 0 Å². The van der Waals surface area contributed by atoms with Crippen molar-refractivity contribution in [2.75, 3.05) is 5.73 Å². The van der Waals surface area contributed by atoms with Crippen LogP contribution in [0.2, 0.25) is 0 Å². The number of aryl methyl sites for hydroxylation is 1. The van der Waals surface area contributed by atoms with Crippen LogP contribution in [-0.2, 0) is 6.42 Å². The van der Waals surface area contributed by atoms with Gasteiger partial charge in [0.1, 0.15) is 12.1 Å². The van der Waals surface area contributed by atoms with E-state index in [1.807, 2.05) is 41.1 Å². The van der Waals surface area contributed by atoms with E-state index in [0.29, 0.717) is 5.82 Å². The molecule has 0 saturated carbocycles. The number of nitrogen functional groups attached to an aromatic ring is 1. The molecule has 30 heavy (non-hydrogen) atoms. The summed E-state index contributed by atoms with van der Waals surface area (Å²) in [6.07, 6.45) is 2.26. The minimum atomic E-state index is -0.0885. The molecule has 2 N–H and O–H groups in total. The fourth-order valence-corrected chi connectivity index (χ4v) is 3.99. The first-order valence-electron chi connectivity index (χ1n) is 10.1. The molecular formula is C24H22N6. The number of rotatable bonds is 4. The Kier molecular flexibility index (Phi) is 4.39. The van der Waals surface area contributed by atoms with E-state index in [9.17, 15) is 0 Å². The SMILES string of the molecule is CCc1nn(C(C)c2cc3ccccc3nc2-c2ccccc2)c2ncnc(N)c12. The average molecular weight is 394 g/mol. The van der Waals surface area contributed by atoms with E-state index >= 15 is 0 Å². The molecule has 6 heteroatoms. The summed E-state index contributed by atoms with van der Waals surface area (Å²) in [7, 11) is 0. The Balaban J connectivity index is 1.77. The molecule has 0 bridgehead atoms. The summed E-state index contributed by atoms with van der Waals surface area (Å²) in [6, 6.07) is 20.6. The number of para-hydroxylation sites is 1. The molecular weight excluding hydrogens is 372 g/mol. The van der Waals surface area contributed by atoms with Crippen molar-refractivity contribution in [1.82, 2.24) is 24.7 Å². The van der Waals surface area contributed by atoms with Gasteiger partial charge in [-0.05, 0) is 25.5 Å². The maximum absolute atomic E-state index is 6.16. The number of benzene rings is 2. The lowest BCUT2D eigenvalue weighted by atomic mass is 9.98. The van der Waals surface area contributed by atoms with Crippen LogP contribution in [0.4, 0.5) is 5.82 Å². The molecule has 3 heterocycles. The van der Waals surface area contributed by atoms with Gasteiger partial charge in [-0.1, -0.05) is 55.5 Å². The summed E-state index contributed by atoms with van der Waals surface area (Å²) < 4.78 is 1.95. The number of pyridine rings is 1. The highest BCUT2D eigenvalue weighted by atomic mass is 15.3. The highest BCUT2D eigenvalue weighted by Crippen LogP contribution is 2.34. The fraction of sp³-hybridized carbons (Fsp3) is 0.167. The van der Waals surface area contributed by atoms with Crippen molar-refractivity contribution in [3.63, 3.8) is 0 Å². The van der Waals surface area contributed by atoms with Crippen LogP contribution in [0.15, 0.2) is 67.0 Å². The van der Waals surface area contributed by atoms with E-state index in [-0.39, 0.29) is 6.04 Å². The zero-order valence-electron chi connectivity index (χ0n) is 16.9. The Hall–Kier alpha value is -3.80. The molecule has 0 aliphatic heterocycles. The van der Waals surface area contributed by atoms with Crippen LogP contribution in [0.1, 0.15) is 31.1 Å². The highest BCUT2D eigenvalue weighted by molar-refractivity contribution is 5.88. The molecule has 148 valence electrons. The number of nitrogens with zero attached hydrogens (tertiary/aromatic N) is 5. The van der Waals surface area contributed by atoms with Gasteiger partial charge in [-0.25, -0.2) is 19.6 Å². The topological polar surface area (TPSA) is 82.5 Å². The summed E-state index contributed by atoms with van der Waals surface area (Å²) in [6.45, 7) is 4.19. The van der Waals surface area contributed by atoms with E-state index in [0.717, 1.165) is 50.9 Å². The molecule has 5 rings (SSSR count). The van der Waals surface area contributed by atoms with Gasteiger partial charge in [0.25, 0.3) is 0 Å². The Labute approximate surface area is 174 Å². The monoisotopic (exact) mass is 394 g/mol. The van der Waals surface area contributed by atoms with Gasteiger partial charge < -0.3 is 5.73 Å². The molecule has 0 aliphatic rings. The maximum Gasteiger partial charge on any atom is 0.164 e. The third-order valence-corrected chi connectivity index (χ3v) is 5.54. The highest BCUT2D eigenvalue weighted by Gasteiger charge is 2.22. The number of fused-ring (bicyclic) bond motifs is 2. The van der Waals surface area contributed by atoms with Gasteiger partial charge in [0, 0.05) is 16.5 Å². The second-order valence-corrected chi connectivity index (χ2v) is 7.36. The number of anilines is 1. The zero-order chi connectivity index (χ0) is 20.7. The van der Waals surface area contributed by atoms with Crippen molar-refractivity contribution in [2.24, 2.45) is 0 Å². The summed E-state index contributed by atoms with van der Waals surface area (Å²) in [5.74, 6) is 0.468. The standard InChI is InChI=1S/C24H22N6/c1-3-19-21-23(25)26-14-27-24(21)30(29-19)15(2)18-13-17-11-7-8-12-20(17)28-22(18)16-9-5-4-6-10-16/h4-15H,3H2,1-2H3,(H2,25,26,27). The number of hydrogen-bond donors (Lipinski definition) is 1. The van der Waals surface area contributed by atoms with Gasteiger partial charge >= 0.3 is 0 Å². The predicted octanol–water partition coefficient (Wildman–Crippen LogP) is 4.80. The average Bonchev–Trinajstić information content (AvgIpc) is 3.18. The lowest BCUT2D eigenvalue weighted by Crippen LogP contribution is -2.12. The Morgan fingerprint density at radius 3 is 2.57 bits per heavy atom. The Morgan fingerprint density at radius 1 is 1.00 bits per heavy atom. The van der Waals surface area contributed by atoms with Crippen LogP contribution >= 0.6 is 0 Å². The smallest absolute Gasteiger partial charge is 0.164 e. The van der Waals surface area contributed by atoms with E-state index in [2.05, 4.69) is 48.1 Å². The molecule has 0 fully saturated rings. The van der Waals surface area contributed by atoms with Crippen LogP contribution < -0.4 is 5.73 Å². The third-order valence-electron chi connectivity index (χ3n) is 5.54. The van der Waals surface area contributed by atoms with Crippen molar-refractivity contribution in [2.45, 2.75) is 26.3 Å². The van der Waals surface area contributed by atoms with Crippen molar-refractivity contribution in [3.8, 4) is 11.3 Å². The van der Waals surface area contributed by atoms with Gasteiger partial charge in [0.15, 0.2) is 5.65 Å². The van der Waals surface area contributed by atoms with E-state index < -0.39 is 0 Å². The largest absolute Gasteiger partial charge is 0.383 e. The van der Waals surface area contributed by atoms with E-state index in [1.165, 1.54) is 6.33 Å². The molecule has 1 atom stereocenters. The van der Waals surface area contributed by atoms with E-state index in [4.69, 9.17) is 15.8 Å². The number of hydrogen-bond acceptors (Lipinski definition) is 5. The molecule has 0 spiro atoms. The molecule has 0 saturated heterocycles. The fourth-order valence-electron chi connectivity index (χ4n) is 3.99. The van der Waals surface area contributed by atoms with Crippen molar-refractivity contribution in [1.29, 1.82) is 0 Å². The van der Waals surface area contributed by atoms with Gasteiger partial charge in [-0.15, -0.1) is 0 Å². The molecule has 3 aromatic heterocycles. The summed E-state index contributed by atoms with van der Waals surface area (Å²) >= 11 is 0. The molecule has 5 aromatic rings. The quantitative estimate of drug-likeness (QED) is 0.474. The van der Waals surface area contributed by atoms with Crippen LogP contribution in [0, 0.1) is 0 Å². The van der Waals surface area contributed by atoms with Crippen molar-refractivity contribution >= 4 is 27.8 Å². The first kappa shape index (κ1) is 18.2. The number of nitrogens with two attached hydrogens (primary N) is 1. The van der Waals surface area contributed by atoms with Gasteiger partial charge in [0.2, 0.25) is 0 Å². The normalized spacial score (nSPS) is 12.5. The van der Waals surface area contributed by atoms with Crippen LogP contribution in [0.25, 0.3) is 33.2 Å². The van der Waals surface area contributed by atoms with Crippen LogP contribution in [0.5, 0.6) is 0 Å². The predicted molar refractivity (Wildman–Crippen MR) is 120 cm³/mol. The molecule has 6 nitrogen and oxygen atoms in total. The Bertz CT molecular complexity index is 1360. The molecule has 0 amide bonds. The lowest BCUT2D eigenvalue weighted by Gasteiger charge is -2.18. The number of aromatic nitrogens is 5. The molecule has 0 aliphatic carbocycles. The summed E-state index contributed by atoms with van der Waals surface area (Å²) in [5.41, 5.74) is 11.9. The van der Waals surface area contributed by atoms with Crippen LogP contribution in [-0.4, -0.2) is 24.7 Å². The van der Waals surface area contributed by atoms with Gasteiger partial charge in [-0.3, -0.25) is 0 Å². The second-order valence-electron chi connectivity index (χ2n) is 7.36. The first-order chi connectivity index (χ1) is 14.7. The maximum atomic E-state index is 6.16.